The number of carbonyl (C=O) groups excluding carboxylic acids is 3. The normalized spacial score (nSPS) is 22.1. The molecule has 2 saturated heterocycles. The van der Waals surface area contributed by atoms with Gasteiger partial charge in [0.1, 0.15) is 0 Å². The van der Waals surface area contributed by atoms with E-state index in [9.17, 15) is 14.4 Å². The maximum absolute atomic E-state index is 12.5. The molecule has 2 heterocycles. The molecule has 2 atom stereocenters. The summed E-state index contributed by atoms with van der Waals surface area (Å²) in [6.07, 6.45) is 2.93. The van der Waals surface area contributed by atoms with Gasteiger partial charge in [0, 0.05) is 20.0 Å². The van der Waals surface area contributed by atoms with Crippen LogP contribution < -0.4 is 0 Å². The van der Waals surface area contributed by atoms with E-state index >= 15 is 0 Å². The number of piperidine rings is 1. The third-order valence-corrected chi connectivity index (χ3v) is 4.60. The number of hydrogen-bond donors (Lipinski definition) is 0. The molecule has 25 heavy (non-hydrogen) atoms. The van der Waals surface area contributed by atoms with Crippen LogP contribution in [0.25, 0.3) is 0 Å². The summed E-state index contributed by atoms with van der Waals surface area (Å²) in [5, 5.41) is 2.72. The second kappa shape index (κ2) is 8.92. The number of hydrogen-bond acceptors (Lipinski definition) is 5. The number of unbranched alkanes of at least 4 members (excludes halogenated alkanes) is 2. The van der Waals surface area contributed by atoms with Gasteiger partial charge in [-0.25, -0.2) is 19.6 Å². The van der Waals surface area contributed by atoms with Crippen LogP contribution in [0.1, 0.15) is 52.9 Å². The molecule has 3 amide bonds. The Labute approximate surface area is 149 Å². The van der Waals surface area contributed by atoms with Crippen LogP contribution >= 0.6 is 0 Å². The topological polar surface area (TPSA) is 79.4 Å². The number of nitrogens with zero attached hydrogens (tertiary/aromatic N) is 3. The van der Waals surface area contributed by atoms with Crippen LogP contribution in [0.15, 0.2) is 0 Å². The van der Waals surface area contributed by atoms with Crippen LogP contribution in [0.2, 0.25) is 0 Å². The van der Waals surface area contributed by atoms with Crippen LogP contribution in [-0.2, 0) is 14.3 Å². The minimum Gasteiger partial charge on any atom is -0.448 e. The Hall–Kier alpha value is -1.99. The molecule has 0 aromatic heterocycles. The molecule has 0 aromatic carbocycles. The van der Waals surface area contributed by atoms with Crippen molar-refractivity contribution < 1.29 is 23.9 Å². The molecule has 0 saturated carbocycles. The lowest BCUT2D eigenvalue weighted by Crippen LogP contribution is -2.51. The highest BCUT2D eigenvalue weighted by molar-refractivity contribution is 5.77. The van der Waals surface area contributed by atoms with E-state index in [1.54, 1.807) is 4.90 Å². The molecule has 2 fully saturated rings. The largest absolute Gasteiger partial charge is 0.448 e. The molecule has 0 aliphatic carbocycles. The molecule has 0 N–H and O–H groups in total. The Morgan fingerprint density at radius 1 is 0.880 bits per heavy atom. The summed E-state index contributed by atoms with van der Waals surface area (Å²) in [7, 11) is 0. The smallest absolute Gasteiger partial charge is 0.429 e. The Kier molecular flexibility index (Phi) is 6.90. The van der Waals surface area contributed by atoms with Crippen molar-refractivity contribution in [3.05, 3.63) is 0 Å². The Bertz CT molecular complexity index is 463. The molecule has 2 aliphatic heterocycles. The van der Waals surface area contributed by atoms with Gasteiger partial charge in [-0.05, 0) is 19.3 Å². The molecule has 142 valence electrons. The van der Waals surface area contributed by atoms with E-state index in [-0.39, 0.29) is 18.0 Å². The number of carbonyl (C=O) groups is 3. The third kappa shape index (κ3) is 4.55. The van der Waals surface area contributed by atoms with E-state index in [0.29, 0.717) is 32.7 Å². The second-order valence-electron chi connectivity index (χ2n) is 6.59. The van der Waals surface area contributed by atoms with Crippen molar-refractivity contribution in [1.82, 2.24) is 14.9 Å². The molecule has 2 unspecified atom stereocenters. The zero-order valence-corrected chi connectivity index (χ0v) is 15.4. The van der Waals surface area contributed by atoms with Gasteiger partial charge >= 0.3 is 12.2 Å². The molecule has 2 aliphatic rings. The minimum atomic E-state index is -0.543. The van der Waals surface area contributed by atoms with Gasteiger partial charge in [-0.15, -0.1) is 0 Å². The summed E-state index contributed by atoms with van der Waals surface area (Å²) in [5.41, 5.74) is 0. The fourth-order valence-electron chi connectivity index (χ4n) is 3.22. The van der Waals surface area contributed by atoms with Crippen LogP contribution in [-0.4, -0.2) is 71.4 Å². The standard InChI is InChI=1S/C17H29N3O5/c1-4-6-8-24-16(22)19-14-10-15(12-18(11-14)13(3)21)20(19)17(23)25-9-7-5-2/h14-15H,4-12H2,1-3H3. The average molecular weight is 355 g/mol. The second-order valence-corrected chi connectivity index (χ2v) is 6.59. The quantitative estimate of drug-likeness (QED) is 0.684. The van der Waals surface area contributed by atoms with Crippen molar-refractivity contribution in [3.8, 4) is 0 Å². The molecule has 0 aromatic rings. The van der Waals surface area contributed by atoms with Crippen LogP contribution in [0.5, 0.6) is 0 Å². The molecular weight excluding hydrogens is 326 g/mol. The first kappa shape index (κ1) is 19.3. The van der Waals surface area contributed by atoms with Crippen LogP contribution in [0.4, 0.5) is 9.59 Å². The molecule has 0 spiro atoms. The first-order chi connectivity index (χ1) is 12.0. The lowest BCUT2D eigenvalue weighted by molar-refractivity contribution is -0.130. The summed E-state index contributed by atoms with van der Waals surface area (Å²) >= 11 is 0. The van der Waals surface area contributed by atoms with Gasteiger partial charge in [0.05, 0.1) is 25.3 Å². The molecular formula is C17H29N3O5. The lowest BCUT2D eigenvalue weighted by Gasteiger charge is -2.30. The number of amides is 3. The Morgan fingerprint density at radius 2 is 1.32 bits per heavy atom. The van der Waals surface area contributed by atoms with Crippen molar-refractivity contribution in [3.63, 3.8) is 0 Å². The zero-order valence-electron chi connectivity index (χ0n) is 15.4. The monoisotopic (exact) mass is 355 g/mol. The number of hydrazine groups is 1. The van der Waals surface area contributed by atoms with E-state index in [1.807, 2.05) is 13.8 Å². The van der Waals surface area contributed by atoms with E-state index in [2.05, 4.69) is 0 Å². The summed E-state index contributed by atoms with van der Waals surface area (Å²) < 4.78 is 10.6. The number of likely N-dealkylation sites (tertiary alicyclic amines) is 1. The zero-order chi connectivity index (χ0) is 18.4. The average Bonchev–Trinajstić information content (AvgIpc) is 2.85. The predicted molar refractivity (Wildman–Crippen MR) is 90.6 cm³/mol. The molecule has 0 radical (unpaired) electrons. The first-order valence-electron chi connectivity index (χ1n) is 9.16. The van der Waals surface area contributed by atoms with Gasteiger partial charge in [0.15, 0.2) is 0 Å². The van der Waals surface area contributed by atoms with E-state index in [1.165, 1.54) is 16.9 Å². The lowest BCUT2D eigenvalue weighted by atomic mass is 10.0. The van der Waals surface area contributed by atoms with Crippen molar-refractivity contribution in [2.24, 2.45) is 0 Å². The summed E-state index contributed by atoms with van der Waals surface area (Å²) in [4.78, 5) is 38.5. The summed E-state index contributed by atoms with van der Waals surface area (Å²) in [6.45, 7) is 6.98. The van der Waals surface area contributed by atoms with E-state index in [0.717, 1.165) is 25.7 Å². The first-order valence-corrected chi connectivity index (χ1v) is 9.16. The van der Waals surface area contributed by atoms with Gasteiger partial charge < -0.3 is 14.4 Å². The van der Waals surface area contributed by atoms with Crippen molar-refractivity contribution in [1.29, 1.82) is 0 Å². The highest BCUT2D eigenvalue weighted by Gasteiger charge is 2.51. The molecule has 8 heteroatoms. The van der Waals surface area contributed by atoms with E-state index < -0.39 is 12.2 Å². The summed E-state index contributed by atoms with van der Waals surface area (Å²) in [5.74, 6) is -0.0600. The third-order valence-electron chi connectivity index (χ3n) is 4.60. The SMILES string of the molecule is CCCCOC(=O)N1C2CC(CN(C(C)=O)C2)N1C(=O)OCCCC. The molecule has 2 rings (SSSR count). The van der Waals surface area contributed by atoms with Gasteiger partial charge in [0.2, 0.25) is 5.91 Å². The Balaban J connectivity index is 2.11. The van der Waals surface area contributed by atoms with Gasteiger partial charge in [-0.2, -0.15) is 0 Å². The highest BCUT2D eigenvalue weighted by Crippen LogP contribution is 2.32. The van der Waals surface area contributed by atoms with E-state index in [4.69, 9.17) is 9.47 Å². The highest BCUT2D eigenvalue weighted by atomic mass is 16.6. The van der Waals surface area contributed by atoms with Crippen molar-refractivity contribution >= 4 is 18.1 Å². The van der Waals surface area contributed by atoms with Crippen molar-refractivity contribution in [2.75, 3.05) is 26.3 Å². The van der Waals surface area contributed by atoms with Gasteiger partial charge in [0.25, 0.3) is 0 Å². The number of fused-ring (bicyclic) bond motifs is 2. The van der Waals surface area contributed by atoms with Crippen LogP contribution in [0, 0.1) is 0 Å². The maximum atomic E-state index is 12.5. The van der Waals surface area contributed by atoms with Crippen molar-refractivity contribution in [2.45, 2.75) is 65.0 Å². The fourth-order valence-corrected chi connectivity index (χ4v) is 3.22. The number of ether oxygens (including phenoxy) is 2. The molecule has 2 bridgehead atoms. The van der Waals surface area contributed by atoms with Crippen LogP contribution in [0.3, 0.4) is 0 Å². The van der Waals surface area contributed by atoms with Gasteiger partial charge in [-0.1, -0.05) is 26.7 Å². The van der Waals surface area contributed by atoms with Gasteiger partial charge in [-0.3, -0.25) is 4.79 Å². The molecule has 8 nitrogen and oxygen atoms in total. The predicted octanol–water partition coefficient (Wildman–Crippen LogP) is 2.38. The maximum Gasteiger partial charge on any atom is 0.429 e. The number of rotatable bonds is 6. The minimum absolute atomic E-state index is 0.0600. The Morgan fingerprint density at radius 3 is 1.68 bits per heavy atom. The fraction of sp³-hybridized carbons (Fsp3) is 0.824. The summed E-state index contributed by atoms with van der Waals surface area (Å²) in [6, 6.07) is -0.508.